The quantitative estimate of drug-likeness (QED) is 0.821. The van der Waals surface area contributed by atoms with Gasteiger partial charge in [0.1, 0.15) is 0 Å². The summed E-state index contributed by atoms with van der Waals surface area (Å²) in [6, 6.07) is 18.9. The van der Waals surface area contributed by atoms with Crippen molar-refractivity contribution >= 4 is 6.03 Å². The molecule has 0 aliphatic carbocycles. The van der Waals surface area contributed by atoms with E-state index in [1.807, 2.05) is 11.0 Å². The monoisotopic (exact) mass is 393 g/mol. The Morgan fingerprint density at radius 2 is 1.83 bits per heavy atom. The zero-order valence-electron chi connectivity index (χ0n) is 17.0. The fourth-order valence-corrected chi connectivity index (χ4v) is 4.55. The second kappa shape index (κ2) is 9.42. The summed E-state index contributed by atoms with van der Waals surface area (Å²) < 4.78 is 0. The maximum atomic E-state index is 12.6. The molecule has 0 aromatic heterocycles. The molecule has 5 nitrogen and oxygen atoms in total. The molecule has 0 bridgehead atoms. The number of aliphatic hydroxyl groups is 1. The number of likely N-dealkylation sites (tertiary alicyclic amines) is 1. The molecule has 1 fully saturated rings. The molecule has 154 valence electrons. The third-order valence-electron chi connectivity index (χ3n) is 6.15. The summed E-state index contributed by atoms with van der Waals surface area (Å²) in [7, 11) is 0. The number of aliphatic hydroxyl groups excluding tert-OH is 1. The van der Waals surface area contributed by atoms with Crippen LogP contribution >= 0.6 is 0 Å². The number of hydrogen-bond acceptors (Lipinski definition) is 3. The number of benzene rings is 2. The molecule has 2 aromatic carbocycles. The van der Waals surface area contributed by atoms with Gasteiger partial charge in [-0.1, -0.05) is 54.6 Å². The molecule has 2 aliphatic heterocycles. The van der Waals surface area contributed by atoms with Crippen LogP contribution in [0.3, 0.4) is 0 Å². The van der Waals surface area contributed by atoms with Gasteiger partial charge < -0.3 is 15.3 Å². The van der Waals surface area contributed by atoms with Crippen LogP contribution in [0.25, 0.3) is 0 Å². The largest absolute Gasteiger partial charge is 0.390 e. The number of carbonyl (C=O) groups is 1. The van der Waals surface area contributed by atoms with Gasteiger partial charge in [0.15, 0.2) is 0 Å². The molecule has 2 aromatic rings. The molecular formula is C24H31N3O2. The van der Waals surface area contributed by atoms with Gasteiger partial charge in [-0.2, -0.15) is 0 Å². The van der Waals surface area contributed by atoms with Crippen molar-refractivity contribution in [2.24, 2.45) is 0 Å². The summed E-state index contributed by atoms with van der Waals surface area (Å²) in [5, 5.41) is 13.4. The smallest absolute Gasteiger partial charge is 0.317 e. The number of hydrogen-bond donors (Lipinski definition) is 2. The highest BCUT2D eigenvalue weighted by Crippen LogP contribution is 2.26. The van der Waals surface area contributed by atoms with Gasteiger partial charge in [-0.15, -0.1) is 0 Å². The standard InChI is InChI=1S/C24H31N3O2/c28-23(18-26-14-12-20-9-4-5-10-21(20)16-26)15-25-24(29)27-13-6-11-22(17-27)19-7-2-1-3-8-19/h1-5,7-10,22-23,28H,6,11-18H2,(H,25,29)/t22-,23?/m0/s1. The normalized spacial score (nSPS) is 20.7. The number of amides is 2. The highest BCUT2D eigenvalue weighted by molar-refractivity contribution is 5.74. The number of rotatable bonds is 5. The zero-order chi connectivity index (χ0) is 20.1. The van der Waals surface area contributed by atoms with Gasteiger partial charge in [0, 0.05) is 45.2 Å². The number of carbonyl (C=O) groups excluding carboxylic acids is 1. The van der Waals surface area contributed by atoms with Crippen LogP contribution in [0, 0.1) is 0 Å². The van der Waals surface area contributed by atoms with E-state index < -0.39 is 6.10 Å². The van der Waals surface area contributed by atoms with E-state index in [2.05, 4.69) is 58.7 Å². The van der Waals surface area contributed by atoms with E-state index in [1.165, 1.54) is 16.7 Å². The lowest BCUT2D eigenvalue weighted by Gasteiger charge is -2.34. The first-order valence-electron chi connectivity index (χ1n) is 10.7. The minimum atomic E-state index is -0.557. The fourth-order valence-electron chi connectivity index (χ4n) is 4.55. The number of β-amino-alcohol motifs (C(OH)–C–C–N with tert-alkyl or cyclic N) is 1. The van der Waals surface area contributed by atoms with Crippen molar-refractivity contribution in [3.63, 3.8) is 0 Å². The molecule has 2 N–H and O–H groups in total. The summed E-state index contributed by atoms with van der Waals surface area (Å²) >= 11 is 0. The number of nitrogens with zero attached hydrogens (tertiary/aromatic N) is 2. The van der Waals surface area contributed by atoms with E-state index in [0.29, 0.717) is 19.0 Å². The Morgan fingerprint density at radius 1 is 1.07 bits per heavy atom. The summed E-state index contributed by atoms with van der Waals surface area (Å²) in [5.74, 6) is 0.397. The van der Waals surface area contributed by atoms with Crippen LogP contribution in [0.4, 0.5) is 4.79 Å². The lowest BCUT2D eigenvalue weighted by atomic mass is 9.91. The predicted molar refractivity (Wildman–Crippen MR) is 115 cm³/mol. The first-order chi connectivity index (χ1) is 14.2. The second-order valence-corrected chi connectivity index (χ2v) is 8.29. The zero-order valence-corrected chi connectivity index (χ0v) is 17.0. The van der Waals surface area contributed by atoms with Gasteiger partial charge in [-0.3, -0.25) is 4.90 Å². The summed E-state index contributed by atoms with van der Waals surface area (Å²) in [4.78, 5) is 16.8. The maximum Gasteiger partial charge on any atom is 0.317 e. The maximum absolute atomic E-state index is 12.6. The Balaban J connectivity index is 1.23. The van der Waals surface area contributed by atoms with Gasteiger partial charge in [0.25, 0.3) is 0 Å². The topological polar surface area (TPSA) is 55.8 Å². The van der Waals surface area contributed by atoms with Gasteiger partial charge in [-0.25, -0.2) is 4.79 Å². The van der Waals surface area contributed by atoms with Crippen LogP contribution in [0.5, 0.6) is 0 Å². The van der Waals surface area contributed by atoms with Crippen LogP contribution < -0.4 is 5.32 Å². The fraction of sp³-hybridized carbons (Fsp3) is 0.458. The Labute approximate surface area is 173 Å². The lowest BCUT2D eigenvalue weighted by molar-refractivity contribution is 0.102. The molecule has 0 spiro atoms. The number of piperidine rings is 1. The van der Waals surface area contributed by atoms with E-state index in [1.54, 1.807) is 0 Å². The molecule has 4 rings (SSSR count). The minimum absolute atomic E-state index is 0.0614. The van der Waals surface area contributed by atoms with E-state index in [9.17, 15) is 9.90 Å². The SMILES string of the molecule is O=C(NCC(O)CN1CCc2ccccc2C1)N1CCC[C@H](c2ccccc2)C1. The third kappa shape index (κ3) is 5.17. The van der Waals surface area contributed by atoms with Crippen LogP contribution in [0.15, 0.2) is 54.6 Å². The molecule has 2 heterocycles. The van der Waals surface area contributed by atoms with Crippen molar-refractivity contribution in [1.82, 2.24) is 15.1 Å². The average Bonchev–Trinajstić information content (AvgIpc) is 2.78. The van der Waals surface area contributed by atoms with E-state index >= 15 is 0 Å². The molecule has 2 atom stereocenters. The van der Waals surface area contributed by atoms with Gasteiger partial charge in [0.05, 0.1) is 6.10 Å². The Kier molecular flexibility index (Phi) is 6.47. The summed E-state index contributed by atoms with van der Waals surface area (Å²) in [6.07, 6.45) is 2.60. The molecule has 1 saturated heterocycles. The van der Waals surface area contributed by atoms with Crippen molar-refractivity contribution in [2.45, 2.75) is 37.8 Å². The molecular weight excluding hydrogens is 362 g/mol. The van der Waals surface area contributed by atoms with Gasteiger partial charge >= 0.3 is 6.03 Å². The van der Waals surface area contributed by atoms with Crippen LogP contribution in [0.2, 0.25) is 0 Å². The van der Waals surface area contributed by atoms with E-state index in [0.717, 1.165) is 45.4 Å². The number of nitrogens with one attached hydrogen (secondary N) is 1. The average molecular weight is 394 g/mol. The van der Waals surface area contributed by atoms with Crippen LogP contribution in [-0.4, -0.2) is 59.8 Å². The van der Waals surface area contributed by atoms with Crippen molar-refractivity contribution in [3.05, 3.63) is 71.3 Å². The third-order valence-corrected chi connectivity index (χ3v) is 6.15. The van der Waals surface area contributed by atoms with E-state index in [-0.39, 0.29) is 6.03 Å². The van der Waals surface area contributed by atoms with Crippen molar-refractivity contribution in [2.75, 3.05) is 32.7 Å². The van der Waals surface area contributed by atoms with Crippen molar-refractivity contribution in [1.29, 1.82) is 0 Å². The molecule has 29 heavy (non-hydrogen) atoms. The first-order valence-corrected chi connectivity index (χ1v) is 10.7. The van der Waals surface area contributed by atoms with Crippen LogP contribution in [-0.2, 0) is 13.0 Å². The molecule has 0 radical (unpaired) electrons. The first kappa shape index (κ1) is 19.9. The Bertz CT molecular complexity index is 811. The Hall–Kier alpha value is -2.37. The van der Waals surface area contributed by atoms with Crippen molar-refractivity contribution in [3.8, 4) is 0 Å². The predicted octanol–water partition coefficient (Wildman–Crippen LogP) is 2.99. The van der Waals surface area contributed by atoms with E-state index in [4.69, 9.17) is 0 Å². The minimum Gasteiger partial charge on any atom is -0.390 e. The van der Waals surface area contributed by atoms with Crippen LogP contribution in [0.1, 0.15) is 35.4 Å². The summed E-state index contributed by atoms with van der Waals surface area (Å²) in [6.45, 7) is 4.23. The van der Waals surface area contributed by atoms with Gasteiger partial charge in [-0.05, 0) is 36.0 Å². The second-order valence-electron chi connectivity index (χ2n) is 8.29. The van der Waals surface area contributed by atoms with Gasteiger partial charge in [0.2, 0.25) is 0 Å². The molecule has 0 saturated carbocycles. The highest BCUT2D eigenvalue weighted by atomic mass is 16.3. The number of urea groups is 1. The lowest BCUT2D eigenvalue weighted by Crippen LogP contribution is -2.48. The highest BCUT2D eigenvalue weighted by Gasteiger charge is 2.25. The number of fused-ring (bicyclic) bond motifs is 1. The van der Waals surface area contributed by atoms with Crippen molar-refractivity contribution < 1.29 is 9.90 Å². The summed E-state index contributed by atoms with van der Waals surface area (Å²) in [5.41, 5.74) is 4.05. The molecule has 2 amide bonds. The molecule has 1 unspecified atom stereocenters. The Morgan fingerprint density at radius 3 is 2.66 bits per heavy atom. The molecule has 5 heteroatoms. The molecule has 2 aliphatic rings.